The van der Waals surface area contributed by atoms with Crippen LogP contribution in [0.15, 0.2) is 12.4 Å². The van der Waals surface area contributed by atoms with Gasteiger partial charge in [-0.25, -0.2) is 9.78 Å². The number of urea groups is 1. The number of nitrogens with one attached hydrogen (secondary N) is 2. The SMILES string of the molecule is CCc1nccn1CCC(=O)N1CCC([C@]2(CC)NC(=O)NC2=O)CC1. The normalized spacial score (nSPS) is 23.8. The van der Waals surface area contributed by atoms with Crippen molar-refractivity contribution in [1.82, 2.24) is 25.1 Å². The summed E-state index contributed by atoms with van der Waals surface area (Å²) in [4.78, 5) is 42.5. The van der Waals surface area contributed by atoms with Crippen molar-refractivity contribution in [3.8, 4) is 0 Å². The first-order valence-electron chi connectivity index (χ1n) is 9.41. The Kier molecular flexibility index (Phi) is 5.29. The highest BCUT2D eigenvalue weighted by Gasteiger charge is 2.51. The number of hydrogen-bond acceptors (Lipinski definition) is 4. The summed E-state index contributed by atoms with van der Waals surface area (Å²) in [6, 6.07) is -0.414. The second kappa shape index (κ2) is 7.47. The third-order valence-corrected chi connectivity index (χ3v) is 5.76. The van der Waals surface area contributed by atoms with Crippen LogP contribution in [-0.2, 0) is 22.6 Å². The fraction of sp³-hybridized carbons (Fsp3) is 0.667. The lowest BCUT2D eigenvalue weighted by atomic mass is 9.76. The van der Waals surface area contributed by atoms with E-state index in [2.05, 4.69) is 15.6 Å². The van der Waals surface area contributed by atoms with E-state index in [1.807, 2.05) is 29.5 Å². The van der Waals surface area contributed by atoms with Crippen molar-refractivity contribution in [1.29, 1.82) is 0 Å². The van der Waals surface area contributed by atoms with Crippen LogP contribution in [-0.4, -0.2) is 50.9 Å². The Morgan fingerprint density at radius 1 is 1.31 bits per heavy atom. The predicted molar refractivity (Wildman–Crippen MR) is 95.2 cm³/mol. The van der Waals surface area contributed by atoms with Crippen molar-refractivity contribution in [2.75, 3.05) is 13.1 Å². The van der Waals surface area contributed by atoms with Crippen LogP contribution in [0.4, 0.5) is 4.79 Å². The second-order valence-electron chi connectivity index (χ2n) is 7.03. The van der Waals surface area contributed by atoms with Crippen molar-refractivity contribution >= 4 is 17.8 Å². The van der Waals surface area contributed by atoms with Crippen LogP contribution in [0.2, 0.25) is 0 Å². The lowest BCUT2D eigenvalue weighted by molar-refractivity contribution is -0.134. The molecule has 0 bridgehead atoms. The summed E-state index contributed by atoms with van der Waals surface area (Å²) < 4.78 is 2.02. The number of imide groups is 1. The van der Waals surface area contributed by atoms with Crippen molar-refractivity contribution in [2.45, 2.75) is 58.0 Å². The molecule has 4 amide bonds. The number of aromatic nitrogens is 2. The molecular weight excluding hydrogens is 334 g/mol. The largest absolute Gasteiger partial charge is 0.343 e. The molecule has 3 heterocycles. The van der Waals surface area contributed by atoms with Gasteiger partial charge in [0.25, 0.3) is 5.91 Å². The van der Waals surface area contributed by atoms with Gasteiger partial charge in [0.1, 0.15) is 11.4 Å². The molecule has 1 atom stereocenters. The number of hydrogen-bond donors (Lipinski definition) is 2. The molecule has 2 fully saturated rings. The van der Waals surface area contributed by atoms with E-state index >= 15 is 0 Å². The van der Waals surface area contributed by atoms with E-state index in [0.717, 1.165) is 25.1 Å². The van der Waals surface area contributed by atoms with Gasteiger partial charge in [-0.3, -0.25) is 14.9 Å². The molecule has 2 N–H and O–H groups in total. The minimum absolute atomic E-state index is 0.0587. The van der Waals surface area contributed by atoms with Crippen molar-refractivity contribution < 1.29 is 14.4 Å². The summed E-state index contributed by atoms with van der Waals surface area (Å²) >= 11 is 0. The minimum atomic E-state index is -0.820. The first-order valence-corrected chi connectivity index (χ1v) is 9.41. The van der Waals surface area contributed by atoms with E-state index in [4.69, 9.17) is 0 Å². The number of rotatable bonds is 6. The van der Waals surface area contributed by atoms with Crippen LogP contribution in [0.5, 0.6) is 0 Å². The highest BCUT2D eigenvalue weighted by atomic mass is 16.2. The van der Waals surface area contributed by atoms with Gasteiger partial charge in [0.2, 0.25) is 5.91 Å². The smallest absolute Gasteiger partial charge is 0.322 e. The Morgan fingerprint density at radius 3 is 2.62 bits per heavy atom. The number of amides is 4. The van der Waals surface area contributed by atoms with E-state index in [9.17, 15) is 14.4 Å². The Balaban J connectivity index is 1.54. The molecule has 3 rings (SSSR count). The molecule has 1 aromatic rings. The quantitative estimate of drug-likeness (QED) is 0.741. The van der Waals surface area contributed by atoms with E-state index in [1.54, 1.807) is 6.20 Å². The number of likely N-dealkylation sites (tertiary alicyclic amines) is 1. The molecule has 0 unspecified atom stereocenters. The number of aryl methyl sites for hydroxylation is 2. The summed E-state index contributed by atoms with van der Waals surface area (Å²) in [5.74, 6) is 0.944. The average molecular weight is 361 g/mol. The zero-order valence-electron chi connectivity index (χ0n) is 15.5. The molecule has 1 aromatic heterocycles. The predicted octanol–water partition coefficient (Wildman–Crippen LogP) is 1.06. The topological polar surface area (TPSA) is 96.3 Å². The maximum absolute atomic E-state index is 12.5. The number of imidazole rings is 1. The number of piperidine rings is 1. The van der Waals surface area contributed by atoms with E-state index in [0.29, 0.717) is 32.5 Å². The van der Waals surface area contributed by atoms with Crippen LogP contribution in [0.1, 0.15) is 45.4 Å². The number of nitrogens with zero attached hydrogens (tertiary/aromatic N) is 3. The van der Waals surface area contributed by atoms with Gasteiger partial charge in [-0.1, -0.05) is 13.8 Å². The molecule has 8 heteroatoms. The zero-order chi connectivity index (χ0) is 18.7. The molecule has 0 aliphatic carbocycles. The molecule has 0 saturated carbocycles. The number of carbonyl (C=O) groups is 3. The highest BCUT2D eigenvalue weighted by molar-refractivity contribution is 6.07. The maximum Gasteiger partial charge on any atom is 0.322 e. The molecule has 26 heavy (non-hydrogen) atoms. The number of carbonyl (C=O) groups excluding carboxylic acids is 3. The molecule has 2 saturated heterocycles. The van der Waals surface area contributed by atoms with Crippen LogP contribution in [0.25, 0.3) is 0 Å². The fourth-order valence-corrected chi connectivity index (χ4v) is 4.18. The summed E-state index contributed by atoms with van der Waals surface area (Å²) in [6.07, 6.45) is 6.97. The molecule has 8 nitrogen and oxygen atoms in total. The van der Waals surface area contributed by atoms with Crippen molar-refractivity contribution in [2.24, 2.45) is 5.92 Å². The van der Waals surface area contributed by atoms with Crippen molar-refractivity contribution in [3.63, 3.8) is 0 Å². The van der Waals surface area contributed by atoms with Gasteiger partial charge < -0.3 is 14.8 Å². The zero-order valence-corrected chi connectivity index (χ0v) is 15.5. The first-order chi connectivity index (χ1) is 12.5. The van der Waals surface area contributed by atoms with Crippen LogP contribution in [0, 0.1) is 5.92 Å². The molecule has 0 spiro atoms. The summed E-state index contributed by atoms with van der Waals surface area (Å²) in [5.41, 5.74) is -0.820. The molecule has 2 aliphatic rings. The third kappa shape index (κ3) is 3.32. The molecule has 2 aliphatic heterocycles. The van der Waals surface area contributed by atoms with Gasteiger partial charge in [-0.15, -0.1) is 0 Å². The maximum atomic E-state index is 12.5. The molecule has 0 radical (unpaired) electrons. The summed E-state index contributed by atoms with van der Waals surface area (Å²) in [5, 5.41) is 5.18. The lowest BCUT2D eigenvalue weighted by Gasteiger charge is -2.40. The molecule has 0 aromatic carbocycles. The van der Waals surface area contributed by atoms with Crippen LogP contribution < -0.4 is 10.6 Å². The average Bonchev–Trinajstić information content (AvgIpc) is 3.23. The second-order valence-corrected chi connectivity index (χ2v) is 7.03. The standard InChI is InChI=1S/C18H27N5O3/c1-3-14-19-8-12-22(14)11-7-15(24)23-9-5-13(6-10-23)18(4-2)16(25)20-17(26)21-18/h8,12-13H,3-7,9-11H2,1-2H3,(H2,20,21,25,26)/t18-/m0/s1. The van der Waals surface area contributed by atoms with Crippen LogP contribution >= 0.6 is 0 Å². The monoisotopic (exact) mass is 361 g/mol. The van der Waals surface area contributed by atoms with Gasteiger partial charge in [0, 0.05) is 44.9 Å². The molecular formula is C18H27N5O3. The minimum Gasteiger partial charge on any atom is -0.343 e. The Morgan fingerprint density at radius 2 is 2.04 bits per heavy atom. The Hall–Kier alpha value is -2.38. The van der Waals surface area contributed by atoms with Crippen molar-refractivity contribution in [3.05, 3.63) is 18.2 Å². The Labute approximate surface area is 153 Å². The van der Waals surface area contributed by atoms with E-state index in [1.165, 1.54) is 0 Å². The molecule has 142 valence electrons. The lowest BCUT2D eigenvalue weighted by Crippen LogP contribution is -2.56. The summed E-state index contributed by atoms with van der Waals surface area (Å²) in [6.45, 7) is 5.85. The van der Waals surface area contributed by atoms with Gasteiger partial charge in [-0.05, 0) is 25.2 Å². The van der Waals surface area contributed by atoms with Crippen LogP contribution in [0.3, 0.4) is 0 Å². The highest BCUT2D eigenvalue weighted by Crippen LogP contribution is 2.33. The summed E-state index contributed by atoms with van der Waals surface area (Å²) in [7, 11) is 0. The van der Waals surface area contributed by atoms with Gasteiger partial charge in [0.05, 0.1) is 0 Å². The fourth-order valence-electron chi connectivity index (χ4n) is 4.18. The third-order valence-electron chi connectivity index (χ3n) is 5.76. The van der Waals surface area contributed by atoms with E-state index < -0.39 is 11.6 Å². The first kappa shape index (κ1) is 18.4. The van der Waals surface area contributed by atoms with Gasteiger partial charge in [-0.2, -0.15) is 0 Å². The van der Waals surface area contributed by atoms with Gasteiger partial charge >= 0.3 is 6.03 Å². The van der Waals surface area contributed by atoms with Gasteiger partial charge in [0.15, 0.2) is 0 Å². The Bertz CT molecular complexity index is 693. The van der Waals surface area contributed by atoms with E-state index in [-0.39, 0.29) is 17.7 Å².